The summed E-state index contributed by atoms with van der Waals surface area (Å²) in [4.78, 5) is 22.6. The molecule has 1 aliphatic heterocycles. The average molecular weight is 283 g/mol. The average Bonchev–Trinajstić information content (AvgIpc) is 2.15. The molecule has 0 aliphatic carbocycles. The van der Waals surface area contributed by atoms with Gasteiger partial charge >= 0.3 is 11.9 Å². The van der Waals surface area contributed by atoms with Gasteiger partial charge in [0.1, 0.15) is 0 Å². The zero-order chi connectivity index (χ0) is 11.8. The number of hydrogen-bond donors (Lipinski definition) is 0. The van der Waals surface area contributed by atoms with Crippen LogP contribution in [-0.4, -0.2) is 11.9 Å². The summed E-state index contributed by atoms with van der Waals surface area (Å²) < 4.78 is 5.49. The van der Waals surface area contributed by atoms with E-state index in [1.165, 1.54) is 0 Å². The normalized spacial score (nSPS) is 19.4. The number of benzene rings is 1. The van der Waals surface area contributed by atoms with Gasteiger partial charge in [0.15, 0.2) is 0 Å². The summed E-state index contributed by atoms with van der Waals surface area (Å²) in [5.41, 5.74) is 0.530. The van der Waals surface area contributed by atoms with Crippen molar-refractivity contribution in [3.05, 3.63) is 34.3 Å². The van der Waals surface area contributed by atoms with Gasteiger partial charge in [0.25, 0.3) is 0 Å². The molecule has 1 fully saturated rings. The maximum Gasteiger partial charge on any atom is 0.314 e. The Morgan fingerprint density at radius 2 is 1.88 bits per heavy atom. The molecule has 4 heteroatoms. The Balaban J connectivity index is 2.37. The Kier molecular flexibility index (Phi) is 2.84. The molecule has 1 aromatic rings. The molecule has 0 aromatic heterocycles. The Morgan fingerprint density at radius 1 is 1.25 bits per heavy atom. The number of halogens is 1. The van der Waals surface area contributed by atoms with Crippen molar-refractivity contribution in [3.63, 3.8) is 0 Å². The molecule has 3 nitrogen and oxygen atoms in total. The fraction of sp³-hybridized carbons (Fsp3) is 0.333. The van der Waals surface area contributed by atoms with Crippen LogP contribution in [0.1, 0.15) is 25.3 Å². The van der Waals surface area contributed by atoms with Crippen LogP contribution in [0.2, 0.25) is 0 Å². The lowest BCUT2D eigenvalue weighted by Crippen LogP contribution is -2.36. The lowest BCUT2D eigenvalue weighted by molar-refractivity contribution is -0.166. The van der Waals surface area contributed by atoms with Gasteiger partial charge in [-0.15, -0.1) is 0 Å². The van der Waals surface area contributed by atoms with E-state index in [-0.39, 0.29) is 12.8 Å². The molecule has 0 N–H and O–H groups in total. The van der Waals surface area contributed by atoms with Crippen LogP contribution in [0.4, 0.5) is 0 Å². The second-order valence-corrected chi connectivity index (χ2v) is 5.19. The maximum atomic E-state index is 11.3. The number of esters is 2. The fourth-order valence-corrected chi connectivity index (χ4v) is 2.37. The summed E-state index contributed by atoms with van der Waals surface area (Å²) in [6.07, 6.45) is 0.490. The van der Waals surface area contributed by atoms with E-state index in [0.29, 0.717) is 0 Å². The molecule has 1 saturated heterocycles. The van der Waals surface area contributed by atoms with Gasteiger partial charge in [-0.1, -0.05) is 35.0 Å². The number of ether oxygens (including phenoxy) is 1. The van der Waals surface area contributed by atoms with Crippen molar-refractivity contribution in [2.24, 2.45) is 0 Å². The van der Waals surface area contributed by atoms with Crippen molar-refractivity contribution in [1.82, 2.24) is 0 Å². The Bertz CT molecular complexity index is 437. The molecule has 0 spiro atoms. The van der Waals surface area contributed by atoms with E-state index in [0.717, 1.165) is 10.0 Å². The third kappa shape index (κ3) is 2.16. The predicted octanol–water partition coefficient (Wildman–Crippen LogP) is 2.57. The molecule has 1 aliphatic rings. The topological polar surface area (TPSA) is 43.4 Å². The van der Waals surface area contributed by atoms with Gasteiger partial charge in [0.05, 0.1) is 12.8 Å². The molecule has 0 radical (unpaired) electrons. The third-order valence-electron chi connectivity index (χ3n) is 2.82. The molecule has 16 heavy (non-hydrogen) atoms. The van der Waals surface area contributed by atoms with Crippen LogP contribution in [0.25, 0.3) is 0 Å². The van der Waals surface area contributed by atoms with Gasteiger partial charge in [0, 0.05) is 9.89 Å². The first-order valence-corrected chi connectivity index (χ1v) is 5.78. The summed E-state index contributed by atoms with van der Waals surface area (Å²) >= 11 is 3.38. The second-order valence-electron chi connectivity index (χ2n) is 4.27. The fourth-order valence-electron chi connectivity index (χ4n) is 1.97. The molecule has 84 valence electrons. The highest BCUT2D eigenvalue weighted by molar-refractivity contribution is 9.10. The van der Waals surface area contributed by atoms with E-state index in [2.05, 4.69) is 20.7 Å². The van der Waals surface area contributed by atoms with Gasteiger partial charge in [-0.2, -0.15) is 0 Å². The number of rotatable bonds is 1. The largest absolute Gasteiger partial charge is 0.393 e. The van der Waals surface area contributed by atoms with Crippen LogP contribution in [0.5, 0.6) is 0 Å². The molecule has 1 heterocycles. The van der Waals surface area contributed by atoms with Crippen molar-refractivity contribution in [2.75, 3.05) is 0 Å². The van der Waals surface area contributed by atoms with Crippen molar-refractivity contribution in [1.29, 1.82) is 0 Å². The maximum absolute atomic E-state index is 11.3. The zero-order valence-corrected chi connectivity index (χ0v) is 10.4. The number of carbonyl (C=O) groups is 2. The van der Waals surface area contributed by atoms with Gasteiger partial charge < -0.3 is 4.74 Å². The SMILES string of the molecule is CC1(c2cccc(Br)c2)CC(=O)OC(=O)C1. The highest BCUT2D eigenvalue weighted by Gasteiger charge is 2.38. The van der Waals surface area contributed by atoms with Crippen molar-refractivity contribution in [3.8, 4) is 0 Å². The van der Waals surface area contributed by atoms with Crippen molar-refractivity contribution < 1.29 is 14.3 Å². The third-order valence-corrected chi connectivity index (χ3v) is 3.31. The van der Waals surface area contributed by atoms with Crippen LogP contribution in [0.3, 0.4) is 0 Å². The van der Waals surface area contributed by atoms with Crippen LogP contribution in [0.15, 0.2) is 28.7 Å². The first kappa shape index (κ1) is 11.3. The lowest BCUT2D eigenvalue weighted by atomic mass is 9.76. The summed E-state index contributed by atoms with van der Waals surface area (Å²) in [6.45, 7) is 1.91. The zero-order valence-electron chi connectivity index (χ0n) is 8.83. The smallest absolute Gasteiger partial charge is 0.314 e. The highest BCUT2D eigenvalue weighted by Crippen LogP contribution is 2.36. The number of hydrogen-bond acceptors (Lipinski definition) is 3. The van der Waals surface area contributed by atoms with E-state index in [1.54, 1.807) is 0 Å². The summed E-state index contributed by atoms with van der Waals surface area (Å²) in [5, 5.41) is 0. The summed E-state index contributed by atoms with van der Waals surface area (Å²) in [7, 11) is 0. The molecule has 0 amide bonds. The Morgan fingerprint density at radius 3 is 2.44 bits per heavy atom. The van der Waals surface area contributed by atoms with Crippen LogP contribution in [0, 0.1) is 0 Å². The molecule has 0 bridgehead atoms. The van der Waals surface area contributed by atoms with Gasteiger partial charge in [-0.25, -0.2) is 0 Å². The van der Waals surface area contributed by atoms with Crippen molar-refractivity contribution in [2.45, 2.75) is 25.2 Å². The van der Waals surface area contributed by atoms with E-state index in [9.17, 15) is 9.59 Å². The standard InChI is InChI=1S/C12H11BrO3/c1-12(6-10(14)16-11(15)7-12)8-3-2-4-9(13)5-8/h2-5H,6-7H2,1H3. The predicted molar refractivity (Wildman–Crippen MR) is 61.8 cm³/mol. The van der Waals surface area contributed by atoms with E-state index in [1.807, 2.05) is 31.2 Å². The van der Waals surface area contributed by atoms with E-state index < -0.39 is 17.4 Å². The Labute approximate surface area is 102 Å². The molecule has 0 saturated carbocycles. The second kappa shape index (κ2) is 4.01. The van der Waals surface area contributed by atoms with Crippen LogP contribution in [-0.2, 0) is 19.7 Å². The van der Waals surface area contributed by atoms with Gasteiger partial charge in [-0.3, -0.25) is 9.59 Å². The molecule has 1 aromatic carbocycles. The minimum Gasteiger partial charge on any atom is -0.393 e. The molecular weight excluding hydrogens is 272 g/mol. The summed E-state index contributed by atoms with van der Waals surface area (Å²) in [6, 6.07) is 7.67. The van der Waals surface area contributed by atoms with E-state index in [4.69, 9.17) is 0 Å². The molecule has 2 rings (SSSR count). The minimum atomic E-state index is -0.448. The first-order chi connectivity index (χ1) is 7.49. The molecular formula is C12H11BrO3. The van der Waals surface area contributed by atoms with Crippen LogP contribution < -0.4 is 0 Å². The minimum absolute atomic E-state index is 0.245. The number of carbonyl (C=O) groups excluding carboxylic acids is 2. The first-order valence-electron chi connectivity index (χ1n) is 4.99. The quantitative estimate of drug-likeness (QED) is 0.587. The molecule has 0 unspecified atom stereocenters. The lowest BCUT2D eigenvalue weighted by Gasteiger charge is -2.31. The highest BCUT2D eigenvalue weighted by atomic mass is 79.9. The van der Waals surface area contributed by atoms with Gasteiger partial charge in [-0.05, 0) is 17.7 Å². The number of cyclic esters (lactones) is 2. The molecule has 0 atom stereocenters. The van der Waals surface area contributed by atoms with Crippen molar-refractivity contribution >= 4 is 27.9 Å². The van der Waals surface area contributed by atoms with E-state index >= 15 is 0 Å². The summed E-state index contributed by atoms with van der Waals surface area (Å²) in [5.74, 6) is -0.891. The van der Waals surface area contributed by atoms with Crippen LogP contribution >= 0.6 is 15.9 Å². The Hall–Kier alpha value is -1.16. The van der Waals surface area contributed by atoms with Gasteiger partial charge in [0.2, 0.25) is 0 Å². The monoisotopic (exact) mass is 282 g/mol.